The van der Waals surface area contributed by atoms with E-state index in [0.29, 0.717) is 17.7 Å². The summed E-state index contributed by atoms with van der Waals surface area (Å²) in [4.78, 5) is 6.81. The van der Waals surface area contributed by atoms with Gasteiger partial charge in [-0.25, -0.2) is 9.67 Å². The van der Waals surface area contributed by atoms with E-state index in [-0.39, 0.29) is 12.6 Å². The predicted octanol–water partition coefficient (Wildman–Crippen LogP) is 2.62. The van der Waals surface area contributed by atoms with Crippen LogP contribution in [0.1, 0.15) is 38.3 Å². The molecule has 0 aliphatic heterocycles. The minimum atomic E-state index is 0.176. The monoisotopic (exact) mass is 308 g/mol. The highest BCUT2D eigenvalue weighted by Crippen LogP contribution is 2.30. The van der Waals surface area contributed by atoms with Crippen molar-refractivity contribution in [3.8, 4) is 0 Å². The SMILES string of the molecule is CC(C)n1ncc2cc(CN(CCO)C3CC3)c(Cl)nc21. The zero-order valence-electron chi connectivity index (χ0n) is 12.5. The maximum Gasteiger partial charge on any atom is 0.159 e. The lowest BCUT2D eigenvalue weighted by atomic mass is 10.2. The van der Waals surface area contributed by atoms with Crippen LogP contribution in [0.3, 0.4) is 0 Å². The molecule has 0 amide bonds. The summed E-state index contributed by atoms with van der Waals surface area (Å²) in [5.74, 6) is 0. The van der Waals surface area contributed by atoms with E-state index < -0.39 is 0 Å². The molecule has 0 radical (unpaired) electrons. The van der Waals surface area contributed by atoms with Gasteiger partial charge in [-0.2, -0.15) is 5.10 Å². The lowest BCUT2D eigenvalue weighted by Gasteiger charge is -2.21. The summed E-state index contributed by atoms with van der Waals surface area (Å²) >= 11 is 6.36. The van der Waals surface area contributed by atoms with E-state index in [0.717, 1.165) is 23.1 Å². The number of aromatic nitrogens is 3. The minimum absolute atomic E-state index is 0.176. The Kier molecular flexibility index (Phi) is 4.15. The molecule has 0 unspecified atom stereocenters. The third-order valence-corrected chi connectivity index (χ3v) is 4.24. The topological polar surface area (TPSA) is 54.2 Å². The van der Waals surface area contributed by atoms with Crippen molar-refractivity contribution in [2.75, 3.05) is 13.2 Å². The van der Waals surface area contributed by atoms with Crippen molar-refractivity contribution in [2.45, 2.75) is 45.3 Å². The van der Waals surface area contributed by atoms with Crippen LogP contribution in [-0.4, -0.2) is 44.0 Å². The van der Waals surface area contributed by atoms with Crippen LogP contribution < -0.4 is 0 Å². The first kappa shape index (κ1) is 14.8. The summed E-state index contributed by atoms with van der Waals surface area (Å²) in [6.45, 7) is 5.75. The molecule has 21 heavy (non-hydrogen) atoms. The van der Waals surface area contributed by atoms with Gasteiger partial charge < -0.3 is 5.11 Å². The van der Waals surface area contributed by atoms with Crippen molar-refractivity contribution in [1.82, 2.24) is 19.7 Å². The number of pyridine rings is 1. The Hall–Kier alpha value is -1.17. The van der Waals surface area contributed by atoms with E-state index in [1.165, 1.54) is 12.8 Å². The zero-order valence-corrected chi connectivity index (χ0v) is 13.2. The average Bonchev–Trinajstić information content (AvgIpc) is 3.20. The van der Waals surface area contributed by atoms with Gasteiger partial charge in [0.25, 0.3) is 0 Å². The number of hydrogen-bond donors (Lipinski definition) is 1. The fourth-order valence-electron chi connectivity index (χ4n) is 2.67. The van der Waals surface area contributed by atoms with E-state index in [9.17, 15) is 5.11 Å². The molecule has 1 aliphatic rings. The van der Waals surface area contributed by atoms with E-state index in [2.05, 4.69) is 34.9 Å². The fourth-order valence-corrected chi connectivity index (χ4v) is 2.86. The molecule has 0 spiro atoms. The zero-order chi connectivity index (χ0) is 15.0. The van der Waals surface area contributed by atoms with Crippen LogP contribution in [0.15, 0.2) is 12.3 Å². The number of nitrogens with zero attached hydrogens (tertiary/aromatic N) is 4. The molecule has 1 N–H and O–H groups in total. The Morgan fingerprint density at radius 1 is 1.48 bits per heavy atom. The number of aliphatic hydroxyl groups excluding tert-OH is 1. The summed E-state index contributed by atoms with van der Waals surface area (Å²) in [6, 6.07) is 2.92. The van der Waals surface area contributed by atoms with Crippen LogP contribution in [-0.2, 0) is 6.54 Å². The van der Waals surface area contributed by atoms with Gasteiger partial charge in [-0.1, -0.05) is 11.6 Å². The van der Waals surface area contributed by atoms with Gasteiger partial charge in [0.1, 0.15) is 5.15 Å². The molecule has 0 atom stereocenters. The van der Waals surface area contributed by atoms with Crippen LogP contribution in [0.2, 0.25) is 5.15 Å². The van der Waals surface area contributed by atoms with Crippen molar-refractivity contribution in [1.29, 1.82) is 0 Å². The van der Waals surface area contributed by atoms with Gasteiger partial charge in [-0.15, -0.1) is 0 Å². The number of halogens is 1. The Bertz CT molecular complexity index is 636. The summed E-state index contributed by atoms with van der Waals surface area (Å²) in [5.41, 5.74) is 1.84. The molecular formula is C15H21ClN4O. The van der Waals surface area contributed by atoms with Crippen LogP contribution in [0, 0.1) is 0 Å². The molecule has 0 saturated heterocycles. The Morgan fingerprint density at radius 3 is 2.86 bits per heavy atom. The molecule has 1 saturated carbocycles. The molecule has 2 aromatic rings. The molecule has 3 rings (SSSR count). The number of aliphatic hydroxyl groups is 1. The van der Waals surface area contributed by atoms with Crippen LogP contribution in [0.25, 0.3) is 11.0 Å². The van der Waals surface area contributed by atoms with E-state index in [4.69, 9.17) is 11.6 Å². The molecule has 1 fully saturated rings. The molecular weight excluding hydrogens is 288 g/mol. The van der Waals surface area contributed by atoms with E-state index >= 15 is 0 Å². The normalized spacial score (nSPS) is 15.5. The van der Waals surface area contributed by atoms with Gasteiger partial charge in [-0.3, -0.25) is 4.90 Å². The lowest BCUT2D eigenvalue weighted by Crippen LogP contribution is -2.28. The van der Waals surface area contributed by atoms with Gasteiger partial charge in [0.05, 0.1) is 12.8 Å². The molecule has 2 aromatic heterocycles. The van der Waals surface area contributed by atoms with Gasteiger partial charge in [-0.05, 0) is 32.8 Å². The second kappa shape index (κ2) is 5.91. The quantitative estimate of drug-likeness (QED) is 0.834. The molecule has 6 heteroatoms. The standard InChI is InChI=1S/C15H21ClN4O/c1-10(2)20-15-11(8-17-20)7-12(14(16)18-15)9-19(5-6-21)13-3-4-13/h7-8,10,13,21H,3-6,9H2,1-2H3. The Labute approximate surface area is 129 Å². The number of rotatable bonds is 6. The Balaban J connectivity index is 1.90. The lowest BCUT2D eigenvalue weighted by molar-refractivity contribution is 0.183. The Morgan fingerprint density at radius 2 is 2.24 bits per heavy atom. The molecule has 2 heterocycles. The highest BCUT2D eigenvalue weighted by atomic mass is 35.5. The molecule has 1 aliphatic carbocycles. The summed E-state index contributed by atoms with van der Waals surface area (Å²) in [5, 5.41) is 15.1. The van der Waals surface area contributed by atoms with Gasteiger partial charge in [0, 0.05) is 36.1 Å². The maximum absolute atomic E-state index is 9.19. The molecule has 0 aromatic carbocycles. The van der Waals surface area contributed by atoms with Gasteiger partial charge in [0.2, 0.25) is 0 Å². The van der Waals surface area contributed by atoms with Crippen molar-refractivity contribution >= 4 is 22.6 Å². The van der Waals surface area contributed by atoms with Crippen LogP contribution in [0.4, 0.5) is 0 Å². The van der Waals surface area contributed by atoms with Crippen LogP contribution >= 0.6 is 11.6 Å². The summed E-state index contributed by atoms with van der Waals surface area (Å²) in [6.07, 6.45) is 4.26. The molecule has 114 valence electrons. The molecule has 0 bridgehead atoms. The third-order valence-electron chi connectivity index (χ3n) is 3.91. The van der Waals surface area contributed by atoms with Crippen molar-refractivity contribution in [3.63, 3.8) is 0 Å². The summed E-state index contributed by atoms with van der Waals surface area (Å²) in [7, 11) is 0. The first-order valence-electron chi connectivity index (χ1n) is 7.47. The largest absolute Gasteiger partial charge is 0.395 e. The van der Waals surface area contributed by atoms with Gasteiger partial charge >= 0.3 is 0 Å². The predicted molar refractivity (Wildman–Crippen MR) is 83.4 cm³/mol. The molecule has 5 nitrogen and oxygen atoms in total. The smallest absolute Gasteiger partial charge is 0.159 e. The first-order chi connectivity index (χ1) is 10.1. The average molecular weight is 309 g/mol. The van der Waals surface area contributed by atoms with Crippen molar-refractivity contribution in [3.05, 3.63) is 23.0 Å². The van der Waals surface area contributed by atoms with Crippen molar-refractivity contribution in [2.24, 2.45) is 0 Å². The van der Waals surface area contributed by atoms with Gasteiger partial charge in [0.15, 0.2) is 5.65 Å². The number of fused-ring (bicyclic) bond motifs is 1. The second-order valence-electron chi connectivity index (χ2n) is 5.96. The van der Waals surface area contributed by atoms with Crippen LogP contribution in [0.5, 0.6) is 0 Å². The minimum Gasteiger partial charge on any atom is -0.395 e. The highest BCUT2D eigenvalue weighted by Gasteiger charge is 2.29. The van der Waals surface area contributed by atoms with E-state index in [1.54, 1.807) is 0 Å². The maximum atomic E-state index is 9.19. The number of hydrogen-bond acceptors (Lipinski definition) is 4. The highest BCUT2D eigenvalue weighted by molar-refractivity contribution is 6.30. The van der Waals surface area contributed by atoms with Crippen molar-refractivity contribution < 1.29 is 5.11 Å². The fraction of sp³-hybridized carbons (Fsp3) is 0.600. The second-order valence-corrected chi connectivity index (χ2v) is 6.32. The van der Waals surface area contributed by atoms with E-state index in [1.807, 2.05) is 10.9 Å². The third kappa shape index (κ3) is 3.05. The summed E-state index contributed by atoms with van der Waals surface area (Å²) < 4.78 is 1.89. The first-order valence-corrected chi connectivity index (χ1v) is 7.85.